The van der Waals surface area contributed by atoms with Crippen LogP contribution in [0.5, 0.6) is 0 Å². The Labute approximate surface area is 148 Å². The number of carbonyl (C=O) groups excluding carboxylic acids is 3. The zero-order chi connectivity index (χ0) is 15.7. The normalized spacial score (nSPS) is 12.5. The third-order valence-corrected chi connectivity index (χ3v) is 2.60. The van der Waals surface area contributed by atoms with E-state index in [-0.39, 0.29) is 48.2 Å². The minimum atomic E-state index is -1.47. The molecule has 0 saturated carbocycles. The average Bonchev–Trinajstić information content (AvgIpc) is 2.38. The summed E-state index contributed by atoms with van der Waals surface area (Å²) < 4.78 is 0. The summed E-state index contributed by atoms with van der Waals surface area (Å²) in [4.78, 5) is 43.6. The Morgan fingerprint density at radius 2 is 1.86 bits per heavy atom. The molecule has 0 aliphatic carbocycles. The molecule has 2 unspecified atom stereocenters. The largest absolute Gasteiger partial charge is 1.00 e. The van der Waals surface area contributed by atoms with Crippen LogP contribution in [-0.2, 0) is 19.2 Å². The summed E-state index contributed by atoms with van der Waals surface area (Å²) in [5, 5.41) is 23.1. The fourth-order valence-electron chi connectivity index (χ4n) is 1.15. The van der Waals surface area contributed by atoms with Crippen LogP contribution < -0.4 is 51.0 Å². The average molecular weight is 329 g/mol. The van der Waals surface area contributed by atoms with Gasteiger partial charge in [-0.2, -0.15) is 12.6 Å². The Morgan fingerprint density at radius 1 is 1.29 bits per heavy atom. The molecule has 21 heavy (non-hydrogen) atoms. The number of carbonyl (C=O) groups is 4. The van der Waals surface area contributed by atoms with Crippen LogP contribution in [0.15, 0.2) is 0 Å². The molecule has 0 heterocycles. The van der Waals surface area contributed by atoms with E-state index in [0.717, 1.165) is 0 Å². The van der Waals surface area contributed by atoms with E-state index in [9.17, 15) is 24.3 Å². The molecule has 0 spiro atoms. The molecule has 2 atom stereocenters. The summed E-state index contributed by atoms with van der Waals surface area (Å²) in [6.45, 7) is -0.575. The van der Waals surface area contributed by atoms with Gasteiger partial charge in [0.05, 0.1) is 5.97 Å². The quantitative estimate of drug-likeness (QED) is 0.207. The second-order valence-corrected chi connectivity index (χ2v) is 4.24. The number of carboxylic acid groups (broad SMARTS) is 2. The standard InChI is InChI=1S/C10H17N3O6S.Na/c11-5(10(18)19)1-2-7(14)13-6(4-20)9(17)12-3-8(15)16;/h5-6,20H,1-4,11H2,(H,12,17)(H,13,14)(H,15,16)(H,18,19);/q;+1/p-1. The van der Waals surface area contributed by atoms with Crippen molar-refractivity contribution in [1.82, 2.24) is 10.6 Å². The van der Waals surface area contributed by atoms with Crippen molar-refractivity contribution in [3.8, 4) is 0 Å². The van der Waals surface area contributed by atoms with Gasteiger partial charge >= 0.3 is 35.5 Å². The number of carboxylic acids is 2. The predicted molar refractivity (Wildman–Crippen MR) is 68.6 cm³/mol. The topological polar surface area (TPSA) is 162 Å². The Balaban J connectivity index is 0. The summed E-state index contributed by atoms with van der Waals surface area (Å²) >= 11 is 3.86. The maximum absolute atomic E-state index is 11.5. The van der Waals surface area contributed by atoms with Gasteiger partial charge in [0.15, 0.2) is 0 Å². The van der Waals surface area contributed by atoms with E-state index in [4.69, 9.17) is 10.8 Å². The van der Waals surface area contributed by atoms with Crippen LogP contribution in [0.25, 0.3) is 0 Å². The Kier molecular flexibility index (Phi) is 12.6. The molecule has 0 aliphatic heterocycles. The van der Waals surface area contributed by atoms with Crippen LogP contribution in [-0.4, -0.2) is 53.2 Å². The zero-order valence-corrected chi connectivity index (χ0v) is 14.4. The van der Waals surface area contributed by atoms with Gasteiger partial charge in [-0.1, -0.05) is 0 Å². The Morgan fingerprint density at radius 3 is 2.29 bits per heavy atom. The van der Waals surface area contributed by atoms with Gasteiger partial charge in [0.25, 0.3) is 0 Å². The van der Waals surface area contributed by atoms with Crippen LogP contribution in [0.3, 0.4) is 0 Å². The van der Waals surface area contributed by atoms with E-state index >= 15 is 0 Å². The number of amides is 2. The van der Waals surface area contributed by atoms with Crippen LogP contribution in [0, 0.1) is 0 Å². The van der Waals surface area contributed by atoms with Crippen molar-refractivity contribution in [2.75, 3.05) is 12.3 Å². The molecule has 0 aliphatic rings. The van der Waals surface area contributed by atoms with Gasteiger partial charge in [0.1, 0.15) is 12.6 Å². The number of hydrogen-bond acceptors (Lipinski definition) is 7. The summed E-state index contributed by atoms with van der Waals surface area (Å²) in [6.07, 6.45) is -0.337. The zero-order valence-electron chi connectivity index (χ0n) is 11.5. The molecule has 0 rings (SSSR count). The van der Waals surface area contributed by atoms with Gasteiger partial charge in [-0.3, -0.25) is 14.4 Å². The molecule has 0 radical (unpaired) electrons. The molecule has 0 fully saturated rings. The van der Waals surface area contributed by atoms with Crippen LogP contribution in [0.1, 0.15) is 12.8 Å². The molecular weight excluding hydrogens is 313 g/mol. The minimum Gasteiger partial charge on any atom is -0.548 e. The number of nitrogens with two attached hydrogens (primary N) is 1. The van der Waals surface area contributed by atoms with Crippen molar-refractivity contribution in [3.05, 3.63) is 0 Å². The van der Waals surface area contributed by atoms with E-state index < -0.39 is 42.4 Å². The Hall–Kier alpha value is -0.810. The number of hydrogen-bond donors (Lipinski definition) is 5. The van der Waals surface area contributed by atoms with Gasteiger partial charge in [-0.25, -0.2) is 0 Å². The molecular formula is C10H16N3NaO6S. The summed E-state index contributed by atoms with van der Waals surface area (Å²) in [6, 6.07) is -2.28. The molecule has 9 nitrogen and oxygen atoms in total. The second kappa shape index (κ2) is 11.8. The second-order valence-electron chi connectivity index (χ2n) is 3.88. The maximum atomic E-state index is 11.5. The van der Waals surface area contributed by atoms with Gasteiger partial charge in [0.2, 0.25) is 11.8 Å². The van der Waals surface area contributed by atoms with Crippen molar-refractivity contribution in [3.63, 3.8) is 0 Å². The van der Waals surface area contributed by atoms with Crippen molar-refractivity contribution in [1.29, 1.82) is 0 Å². The predicted octanol–water partition coefficient (Wildman–Crippen LogP) is -6.54. The Bertz CT molecular complexity index is 395. The fourth-order valence-corrected chi connectivity index (χ4v) is 1.41. The molecule has 0 bridgehead atoms. The van der Waals surface area contributed by atoms with Crippen LogP contribution in [0.2, 0.25) is 0 Å². The van der Waals surface area contributed by atoms with Crippen molar-refractivity contribution < 1.29 is 58.9 Å². The maximum Gasteiger partial charge on any atom is 1.00 e. The number of nitrogens with one attached hydrogen (secondary N) is 2. The molecule has 5 N–H and O–H groups in total. The molecule has 114 valence electrons. The SMILES string of the molecule is NC(CCC(=O)NC(CS)C(=O)NCC(=O)O)C(=O)[O-].[Na+]. The van der Waals surface area contributed by atoms with Gasteiger partial charge in [0, 0.05) is 18.2 Å². The minimum absolute atomic E-state index is 0. The first-order valence-electron chi connectivity index (χ1n) is 5.64. The molecule has 11 heteroatoms. The number of thiol groups is 1. The molecule has 2 amide bonds. The van der Waals surface area contributed by atoms with E-state index in [1.807, 2.05) is 0 Å². The van der Waals surface area contributed by atoms with Crippen molar-refractivity contribution in [2.45, 2.75) is 24.9 Å². The summed E-state index contributed by atoms with van der Waals surface area (Å²) in [5.41, 5.74) is 5.17. The van der Waals surface area contributed by atoms with Crippen molar-refractivity contribution in [2.24, 2.45) is 5.73 Å². The first-order valence-corrected chi connectivity index (χ1v) is 6.27. The third-order valence-electron chi connectivity index (χ3n) is 2.23. The van der Waals surface area contributed by atoms with Crippen LogP contribution in [0.4, 0.5) is 0 Å². The third kappa shape index (κ3) is 10.5. The number of aliphatic carboxylic acids is 2. The van der Waals surface area contributed by atoms with Gasteiger partial charge in [-0.15, -0.1) is 0 Å². The first kappa shape index (κ1) is 22.5. The van der Waals surface area contributed by atoms with E-state index in [2.05, 4.69) is 23.3 Å². The summed E-state index contributed by atoms with van der Waals surface area (Å²) in [5.74, 6) is -4.01. The van der Waals surface area contributed by atoms with Crippen molar-refractivity contribution >= 4 is 36.4 Å². The first-order chi connectivity index (χ1) is 9.27. The van der Waals surface area contributed by atoms with E-state index in [0.29, 0.717) is 0 Å². The monoisotopic (exact) mass is 329 g/mol. The molecule has 0 saturated heterocycles. The van der Waals surface area contributed by atoms with Crippen LogP contribution >= 0.6 is 12.6 Å². The van der Waals surface area contributed by atoms with E-state index in [1.54, 1.807) is 0 Å². The number of rotatable bonds is 9. The van der Waals surface area contributed by atoms with Gasteiger partial charge < -0.3 is 31.4 Å². The molecule has 0 aromatic heterocycles. The summed E-state index contributed by atoms with van der Waals surface area (Å²) in [7, 11) is 0. The molecule has 0 aromatic rings. The smallest absolute Gasteiger partial charge is 0.548 e. The molecule has 0 aromatic carbocycles. The fraction of sp³-hybridized carbons (Fsp3) is 0.600. The van der Waals surface area contributed by atoms with E-state index in [1.165, 1.54) is 0 Å². The van der Waals surface area contributed by atoms with Gasteiger partial charge in [-0.05, 0) is 6.42 Å².